The number of amides is 3. The summed E-state index contributed by atoms with van der Waals surface area (Å²) in [6.45, 7) is 9.79. The van der Waals surface area contributed by atoms with E-state index in [0.29, 0.717) is 38.5 Å². The van der Waals surface area contributed by atoms with E-state index in [1.165, 1.54) is 0 Å². The van der Waals surface area contributed by atoms with Gasteiger partial charge in [0.1, 0.15) is 6.04 Å². The summed E-state index contributed by atoms with van der Waals surface area (Å²) in [5.41, 5.74) is 5.48. The van der Waals surface area contributed by atoms with Crippen LogP contribution >= 0.6 is 0 Å². The maximum absolute atomic E-state index is 12.7. The molecule has 2 fully saturated rings. The number of rotatable bonds is 8. The Bertz CT molecular complexity index is 531. The Labute approximate surface area is 156 Å². The van der Waals surface area contributed by atoms with Gasteiger partial charge in [0.2, 0.25) is 17.7 Å². The molecule has 148 valence electrons. The second-order valence-corrected chi connectivity index (χ2v) is 8.29. The zero-order chi connectivity index (χ0) is 19.4. The number of likely N-dealkylation sites (tertiary alicyclic amines) is 1. The lowest BCUT2D eigenvalue weighted by molar-refractivity contribution is -0.140. The predicted octanol–water partition coefficient (Wildman–Crippen LogP) is 0.581. The minimum atomic E-state index is -0.505. The summed E-state index contributed by atoms with van der Waals surface area (Å²) < 4.78 is 0. The van der Waals surface area contributed by atoms with Crippen molar-refractivity contribution in [3.63, 3.8) is 0 Å². The summed E-state index contributed by atoms with van der Waals surface area (Å²) in [6, 6.07) is -0.613. The van der Waals surface area contributed by atoms with Gasteiger partial charge in [0.25, 0.3) is 0 Å². The molecule has 2 atom stereocenters. The number of nitrogens with one attached hydrogen (secondary N) is 1. The number of carbonyl (C=O) groups excluding carboxylic acids is 3. The van der Waals surface area contributed by atoms with Gasteiger partial charge in [-0.25, -0.2) is 0 Å². The van der Waals surface area contributed by atoms with E-state index in [0.717, 1.165) is 12.8 Å². The molecule has 0 aromatic carbocycles. The van der Waals surface area contributed by atoms with Gasteiger partial charge in [0, 0.05) is 38.0 Å². The zero-order valence-electron chi connectivity index (χ0n) is 16.5. The summed E-state index contributed by atoms with van der Waals surface area (Å²) in [4.78, 5) is 41.6. The molecule has 0 spiro atoms. The highest BCUT2D eigenvalue weighted by molar-refractivity contribution is 5.90. The number of nitrogens with zero attached hydrogens (tertiary/aromatic N) is 2. The summed E-state index contributed by atoms with van der Waals surface area (Å²) >= 11 is 0. The summed E-state index contributed by atoms with van der Waals surface area (Å²) in [5.74, 6) is 0.264. The highest BCUT2D eigenvalue weighted by atomic mass is 16.2. The molecule has 7 heteroatoms. The first kappa shape index (κ1) is 20.7. The zero-order valence-corrected chi connectivity index (χ0v) is 16.5. The van der Waals surface area contributed by atoms with Gasteiger partial charge in [0.05, 0.1) is 6.04 Å². The first-order valence-electron chi connectivity index (χ1n) is 9.85. The van der Waals surface area contributed by atoms with E-state index in [9.17, 15) is 14.4 Å². The maximum Gasteiger partial charge on any atom is 0.242 e. The minimum absolute atomic E-state index is 0.0536. The summed E-state index contributed by atoms with van der Waals surface area (Å²) in [7, 11) is 0. The highest BCUT2D eigenvalue weighted by Gasteiger charge is 2.46. The van der Waals surface area contributed by atoms with E-state index in [1.54, 1.807) is 4.90 Å². The fraction of sp³-hybridized carbons (Fsp3) is 0.842. The van der Waals surface area contributed by atoms with Gasteiger partial charge in [-0.1, -0.05) is 27.7 Å². The van der Waals surface area contributed by atoms with Crippen molar-refractivity contribution < 1.29 is 14.4 Å². The van der Waals surface area contributed by atoms with Crippen molar-refractivity contribution >= 4 is 17.7 Å². The van der Waals surface area contributed by atoms with Crippen molar-refractivity contribution in [2.75, 3.05) is 26.2 Å². The Morgan fingerprint density at radius 3 is 2.35 bits per heavy atom. The van der Waals surface area contributed by atoms with Gasteiger partial charge in [0.15, 0.2) is 0 Å². The van der Waals surface area contributed by atoms with Crippen LogP contribution in [0.1, 0.15) is 47.0 Å². The van der Waals surface area contributed by atoms with Gasteiger partial charge >= 0.3 is 0 Å². The molecule has 2 unspecified atom stereocenters. The number of hydrogen-bond donors (Lipinski definition) is 2. The van der Waals surface area contributed by atoms with Crippen molar-refractivity contribution in [1.82, 2.24) is 15.1 Å². The van der Waals surface area contributed by atoms with Crippen LogP contribution in [0.3, 0.4) is 0 Å². The molecule has 3 N–H and O–H groups in total. The fourth-order valence-electron chi connectivity index (χ4n) is 3.55. The Balaban J connectivity index is 2.18. The molecule has 1 saturated heterocycles. The highest BCUT2D eigenvalue weighted by Crippen LogP contribution is 2.35. The van der Waals surface area contributed by atoms with Crippen LogP contribution in [0.25, 0.3) is 0 Å². The molecule has 1 aliphatic heterocycles. The average Bonchev–Trinajstić information content (AvgIpc) is 3.34. The van der Waals surface area contributed by atoms with E-state index in [1.807, 2.05) is 18.7 Å². The lowest BCUT2D eigenvalue weighted by Crippen LogP contribution is -2.47. The molecule has 0 bridgehead atoms. The molecular formula is C19H34N4O3. The largest absolute Gasteiger partial charge is 0.353 e. The van der Waals surface area contributed by atoms with Crippen LogP contribution in [0.2, 0.25) is 0 Å². The van der Waals surface area contributed by atoms with E-state index in [-0.39, 0.29) is 35.6 Å². The SMILES string of the molecule is CC(C)CN(C(=O)C(C)C)C1CC(C(=O)NCCN)N(C(=O)C2CC2)C1. The lowest BCUT2D eigenvalue weighted by Gasteiger charge is -2.32. The van der Waals surface area contributed by atoms with Crippen molar-refractivity contribution in [2.24, 2.45) is 23.5 Å². The third-order valence-electron chi connectivity index (χ3n) is 5.01. The normalized spacial score (nSPS) is 22.8. The molecule has 2 aliphatic rings. The minimum Gasteiger partial charge on any atom is -0.353 e. The molecule has 2 rings (SSSR count). The lowest BCUT2D eigenvalue weighted by atomic mass is 10.0. The van der Waals surface area contributed by atoms with Gasteiger partial charge in [-0.15, -0.1) is 0 Å². The van der Waals surface area contributed by atoms with Crippen LogP contribution in [0.4, 0.5) is 0 Å². The van der Waals surface area contributed by atoms with Crippen molar-refractivity contribution in [3.05, 3.63) is 0 Å². The summed E-state index contributed by atoms with van der Waals surface area (Å²) in [5, 5.41) is 2.81. The van der Waals surface area contributed by atoms with Crippen LogP contribution in [0, 0.1) is 17.8 Å². The van der Waals surface area contributed by atoms with Crippen molar-refractivity contribution in [2.45, 2.75) is 59.0 Å². The molecule has 0 aromatic heterocycles. The Hall–Kier alpha value is -1.63. The number of hydrogen-bond acceptors (Lipinski definition) is 4. The van der Waals surface area contributed by atoms with E-state index >= 15 is 0 Å². The Morgan fingerprint density at radius 1 is 1.19 bits per heavy atom. The second kappa shape index (κ2) is 8.84. The van der Waals surface area contributed by atoms with Crippen molar-refractivity contribution in [1.29, 1.82) is 0 Å². The Morgan fingerprint density at radius 2 is 1.85 bits per heavy atom. The first-order valence-corrected chi connectivity index (χ1v) is 9.85. The van der Waals surface area contributed by atoms with Crippen LogP contribution < -0.4 is 11.1 Å². The predicted molar refractivity (Wildman–Crippen MR) is 100 cm³/mol. The molecule has 1 heterocycles. The summed E-state index contributed by atoms with van der Waals surface area (Å²) in [6.07, 6.45) is 2.30. The molecule has 3 amide bonds. The van der Waals surface area contributed by atoms with E-state index in [2.05, 4.69) is 19.2 Å². The molecule has 0 radical (unpaired) electrons. The van der Waals surface area contributed by atoms with Gasteiger partial charge < -0.3 is 20.9 Å². The topological polar surface area (TPSA) is 95.7 Å². The van der Waals surface area contributed by atoms with E-state index in [4.69, 9.17) is 5.73 Å². The second-order valence-electron chi connectivity index (χ2n) is 8.29. The third-order valence-corrected chi connectivity index (χ3v) is 5.01. The third kappa shape index (κ3) is 4.96. The fourth-order valence-corrected chi connectivity index (χ4v) is 3.55. The van der Waals surface area contributed by atoms with Crippen LogP contribution in [-0.4, -0.2) is 65.8 Å². The maximum atomic E-state index is 12.7. The van der Waals surface area contributed by atoms with Gasteiger partial charge in [-0.3, -0.25) is 14.4 Å². The molecule has 1 aliphatic carbocycles. The van der Waals surface area contributed by atoms with Crippen LogP contribution in [0.15, 0.2) is 0 Å². The molecule has 7 nitrogen and oxygen atoms in total. The van der Waals surface area contributed by atoms with Gasteiger partial charge in [-0.2, -0.15) is 0 Å². The monoisotopic (exact) mass is 366 g/mol. The first-order chi connectivity index (χ1) is 12.3. The molecule has 1 saturated carbocycles. The van der Waals surface area contributed by atoms with Crippen molar-refractivity contribution in [3.8, 4) is 0 Å². The molecular weight excluding hydrogens is 332 g/mol. The van der Waals surface area contributed by atoms with E-state index < -0.39 is 6.04 Å². The van der Waals surface area contributed by atoms with Crippen LogP contribution in [0.5, 0.6) is 0 Å². The number of carbonyl (C=O) groups is 3. The van der Waals surface area contributed by atoms with Gasteiger partial charge in [-0.05, 0) is 25.2 Å². The smallest absolute Gasteiger partial charge is 0.242 e. The number of nitrogens with two attached hydrogens (primary N) is 1. The quantitative estimate of drug-likeness (QED) is 0.657. The average molecular weight is 367 g/mol. The Kier molecular flexibility index (Phi) is 7.03. The molecule has 0 aromatic rings. The standard InChI is InChI=1S/C19H34N4O3/c1-12(2)10-22(18(25)13(3)4)15-9-16(17(24)21-8-7-20)23(11-15)19(26)14-5-6-14/h12-16H,5-11,20H2,1-4H3,(H,21,24). The molecule has 26 heavy (non-hydrogen) atoms. The van der Waals surface area contributed by atoms with Crippen LogP contribution in [-0.2, 0) is 14.4 Å².